The molecule has 3 fully saturated rings. The van der Waals surface area contributed by atoms with Gasteiger partial charge >= 0.3 is 0 Å². The van der Waals surface area contributed by atoms with Gasteiger partial charge in [0, 0.05) is 5.57 Å². The molecule has 1 heterocycles. The van der Waals surface area contributed by atoms with Gasteiger partial charge in [0.05, 0.1) is 12.2 Å². The number of fused-ring (bicyclic) bond motifs is 5. The van der Waals surface area contributed by atoms with Crippen LogP contribution < -0.4 is 4.74 Å². The summed E-state index contributed by atoms with van der Waals surface area (Å²) in [7, 11) is 0. The predicted molar refractivity (Wildman–Crippen MR) is 199 cm³/mol. The topological polar surface area (TPSA) is 57.0 Å². The van der Waals surface area contributed by atoms with E-state index in [1.807, 2.05) is 48.6 Å². The summed E-state index contributed by atoms with van der Waals surface area (Å²) in [4.78, 5) is 12.3. The Balaban J connectivity index is 0.936. The summed E-state index contributed by atoms with van der Waals surface area (Å²) in [5.41, 5.74) is 5.18. The van der Waals surface area contributed by atoms with Crippen molar-refractivity contribution < 1.29 is 9.53 Å². The molecule has 0 aliphatic heterocycles. The van der Waals surface area contributed by atoms with E-state index in [1.165, 1.54) is 64.2 Å². The van der Waals surface area contributed by atoms with E-state index in [2.05, 4.69) is 61.9 Å². The summed E-state index contributed by atoms with van der Waals surface area (Å²) in [6.07, 6.45) is 29.8. The van der Waals surface area contributed by atoms with Crippen LogP contribution in [0.4, 0.5) is 0 Å². The molecule has 1 aromatic carbocycles. The number of rotatable bonds is 12. The summed E-state index contributed by atoms with van der Waals surface area (Å²) in [5.74, 6) is 6.05. The van der Waals surface area contributed by atoms with E-state index in [4.69, 9.17) is 4.74 Å². The number of carbonyl (C=O) groups excluding carboxylic acids is 1. The first kappa shape index (κ1) is 34.2. The summed E-state index contributed by atoms with van der Waals surface area (Å²) < 4.78 is 8.19. The third-order valence-electron chi connectivity index (χ3n) is 14.0. The molecule has 8 atom stereocenters. The van der Waals surface area contributed by atoms with Crippen molar-refractivity contribution in [2.75, 3.05) is 0 Å². The Kier molecular flexibility index (Phi) is 9.92. The Morgan fingerprint density at radius 3 is 2.63 bits per heavy atom. The number of hydrogen-bond acceptors (Lipinski definition) is 4. The molecule has 0 spiro atoms. The van der Waals surface area contributed by atoms with Gasteiger partial charge < -0.3 is 4.74 Å². The minimum atomic E-state index is 0.0419. The number of benzene rings is 1. The third kappa shape index (κ3) is 6.93. The largest absolute Gasteiger partial charge is 0.487 e. The van der Waals surface area contributed by atoms with E-state index in [0.717, 1.165) is 70.9 Å². The Hall–Kier alpha value is -3.21. The second kappa shape index (κ2) is 14.2. The zero-order valence-electron chi connectivity index (χ0n) is 30.7. The van der Waals surface area contributed by atoms with Gasteiger partial charge in [-0.1, -0.05) is 107 Å². The first-order chi connectivity index (χ1) is 23.6. The maximum Gasteiger partial charge on any atom is 0.185 e. The van der Waals surface area contributed by atoms with Gasteiger partial charge in [-0.25, -0.2) is 4.68 Å². The van der Waals surface area contributed by atoms with E-state index in [-0.39, 0.29) is 5.78 Å². The van der Waals surface area contributed by atoms with Crippen molar-refractivity contribution in [3.8, 4) is 5.75 Å². The zero-order chi connectivity index (χ0) is 34.2. The summed E-state index contributed by atoms with van der Waals surface area (Å²) in [5, 5.41) is 9.10. The number of aromatic nitrogens is 3. The normalized spacial score (nSPS) is 32.8. The van der Waals surface area contributed by atoms with Crippen LogP contribution >= 0.6 is 0 Å². The van der Waals surface area contributed by atoms with Crippen LogP contribution in [-0.2, 0) is 11.4 Å². The predicted octanol–water partition coefficient (Wildman–Crippen LogP) is 10.9. The first-order valence-electron chi connectivity index (χ1n) is 19.6. The third-order valence-corrected chi connectivity index (χ3v) is 14.0. The van der Waals surface area contributed by atoms with Crippen molar-refractivity contribution in [3.05, 3.63) is 83.2 Å². The highest BCUT2D eigenvalue weighted by atomic mass is 16.5. The monoisotopic (exact) mass is 661 g/mol. The molecule has 5 heteroatoms. The van der Waals surface area contributed by atoms with Crippen LogP contribution in [0.1, 0.15) is 129 Å². The van der Waals surface area contributed by atoms with Crippen molar-refractivity contribution in [1.29, 1.82) is 0 Å². The molecule has 5 nitrogen and oxygen atoms in total. The molecule has 2 aromatic rings. The van der Waals surface area contributed by atoms with Gasteiger partial charge in [0.15, 0.2) is 5.78 Å². The molecule has 49 heavy (non-hydrogen) atoms. The van der Waals surface area contributed by atoms with Gasteiger partial charge in [-0.3, -0.25) is 4.79 Å². The summed E-state index contributed by atoms with van der Waals surface area (Å²) in [6.45, 7) is 13.1. The highest BCUT2D eigenvalue weighted by Gasteiger charge is 2.59. The first-order valence-corrected chi connectivity index (χ1v) is 19.6. The fourth-order valence-electron chi connectivity index (χ4n) is 11.2. The molecule has 3 saturated carbocycles. The van der Waals surface area contributed by atoms with Crippen LogP contribution in [0, 0.1) is 46.3 Å². The lowest BCUT2D eigenvalue weighted by Gasteiger charge is -2.58. The van der Waals surface area contributed by atoms with Gasteiger partial charge in [0.1, 0.15) is 18.1 Å². The number of nitrogens with zero attached hydrogens (tertiary/aromatic N) is 3. The van der Waals surface area contributed by atoms with Gasteiger partial charge in [0.2, 0.25) is 0 Å². The average molecular weight is 662 g/mol. The van der Waals surface area contributed by atoms with Crippen LogP contribution in [0.2, 0.25) is 0 Å². The molecule has 0 bridgehead atoms. The Labute approximate surface area is 295 Å². The van der Waals surface area contributed by atoms with Crippen molar-refractivity contribution in [2.45, 2.75) is 124 Å². The van der Waals surface area contributed by atoms with Gasteiger partial charge in [-0.15, -0.1) is 5.10 Å². The lowest BCUT2D eigenvalue weighted by atomic mass is 9.47. The highest BCUT2D eigenvalue weighted by molar-refractivity contribution is 6.08. The molecule has 262 valence electrons. The van der Waals surface area contributed by atoms with E-state index in [0.29, 0.717) is 23.5 Å². The second-order valence-electron chi connectivity index (χ2n) is 17.2. The lowest BCUT2D eigenvalue weighted by molar-refractivity contribution is -0.111. The van der Waals surface area contributed by atoms with E-state index in [1.54, 1.807) is 11.6 Å². The molecule has 5 aliphatic rings. The molecule has 0 saturated heterocycles. The van der Waals surface area contributed by atoms with Crippen LogP contribution in [0.3, 0.4) is 0 Å². The SMILES string of the molecule is CC(C)CCC[C@@H](C)[C@H]1CC[C@H]2[C@@H]3CC=C4C[C@@H](n5cc(COc6ccc(/C=C/C(=O)C7=CCC=C7)cc6)nn5)CC[C@]4(C)[C@H]3CC[C@]12C. The van der Waals surface area contributed by atoms with Crippen molar-refractivity contribution in [3.63, 3.8) is 0 Å². The van der Waals surface area contributed by atoms with Gasteiger partial charge in [-0.05, 0) is 128 Å². The molecular formula is C44H59N3O2. The number of allylic oxidation sites excluding steroid dienone is 7. The summed E-state index contributed by atoms with van der Waals surface area (Å²) in [6, 6.07) is 8.22. The lowest BCUT2D eigenvalue weighted by Crippen LogP contribution is -2.50. The molecular weight excluding hydrogens is 603 g/mol. The van der Waals surface area contributed by atoms with Crippen LogP contribution in [0.25, 0.3) is 6.08 Å². The highest BCUT2D eigenvalue weighted by Crippen LogP contribution is 2.67. The minimum absolute atomic E-state index is 0.0419. The maximum atomic E-state index is 12.3. The standard InChI is InChI=1S/C44H59N3O2/c1-30(2)9-8-10-31(3)39-20-21-40-38-19-16-34-27-36(23-25-43(34,4)41(38)24-26-44(39,40)5)47-28-35(45-46-47)29-49-37-17-13-32(14-18-37)15-22-42(48)33-11-6-7-12-33/h6,11-18,22,28,30-31,36,38-41H,7-10,19-21,23-27,29H2,1-5H3/b22-15+/t31-,36+,38+,39-,40+,41+,43+,44-/m1/s1. The van der Waals surface area contributed by atoms with E-state index in [9.17, 15) is 4.79 Å². The number of ketones is 1. The van der Waals surface area contributed by atoms with E-state index < -0.39 is 0 Å². The van der Waals surface area contributed by atoms with Gasteiger partial charge in [-0.2, -0.15) is 0 Å². The van der Waals surface area contributed by atoms with Crippen LogP contribution in [0.15, 0.2) is 72.0 Å². The van der Waals surface area contributed by atoms with Gasteiger partial charge in [0.25, 0.3) is 0 Å². The fraction of sp³-hybridized carbons (Fsp3) is 0.614. The molecule has 0 unspecified atom stereocenters. The van der Waals surface area contributed by atoms with Crippen molar-refractivity contribution in [2.24, 2.45) is 46.3 Å². The second-order valence-corrected chi connectivity index (χ2v) is 17.2. The number of ether oxygens (including phenoxy) is 1. The van der Waals surface area contributed by atoms with Crippen LogP contribution in [-0.4, -0.2) is 20.8 Å². The van der Waals surface area contributed by atoms with Crippen molar-refractivity contribution in [1.82, 2.24) is 15.0 Å². The van der Waals surface area contributed by atoms with E-state index >= 15 is 0 Å². The fourth-order valence-corrected chi connectivity index (χ4v) is 11.2. The molecule has 7 rings (SSSR count). The van der Waals surface area contributed by atoms with Crippen LogP contribution in [0.5, 0.6) is 5.75 Å². The quantitative estimate of drug-likeness (QED) is 0.168. The molecule has 0 radical (unpaired) electrons. The molecule has 0 amide bonds. The molecule has 0 N–H and O–H groups in total. The Morgan fingerprint density at radius 1 is 1.02 bits per heavy atom. The smallest absolute Gasteiger partial charge is 0.185 e. The number of hydrogen-bond donors (Lipinski definition) is 0. The Bertz CT molecular complexity index is 1610. The number of carbonyl (C=O) groups is 1. The Morgan fingerprint density at radius 2 is 1.86 bits per heavy atom. The molecule has 1 aromatic heterocycles. The maximum absolute atomic E-state index is 12.3. The van der Waals surface area contributed by atoms with Crippen molar-refractivity contribution >= 4 is 11.9 Å². The average Bonchev–Trinajstić information content (AvgIpc) is 3.87. The molecule has 5 aliphatic carbocycles. The summed E-state index contributed by atoms with van der Waals surface area (Å²) >= 11 is 0. The minimum Gasteiger partial charge on any atom is -0.487 e. The zero-order valence-corrected chi connectivity index (χ0v) is 30.7.